The maximum atomic E-state index is 14.8. The van der Waals surface area contributed by atoms with Gasteiger partial charge in [-0.3, -0.25) is 9.13 Å². The highest BCUT2D eigenvalue weighted by molar-refractivity contribution is 7.69. The van der Waals surface area contributed by atoms with Crippen molar-refractivity contribution in [1.29, 1.82) is 0 Å². The van der Waals surface area contributed by atoms with E-state index >= 15 is 0 Å². The van der Waals surface area contributed by atoms with Crippen molar-refractivity contribution in [1.82, 2.24) is 9.55 Å². The quantitative estimate of drug-likeness (QED) is 0.163. The Balaban J connectivity index is 3.35. The third-order valence-electron chi connectivity index (χ3n) is 3.52. The van der Waals surface area contributed by atoms with E-state index in [4.69, 9.17) is 36.8 Å². The van der Waals surface area contributed by atoms with Crippen LogP contribution in [0.2, 0.25) is 0 Å². The highest BCUT2D eigenvalue weighted by Gasteiger charge is 2.47. The highest BCUT2D eigenvalue weighted by atomic mass is 35.5. The molecule has 0 spiro atoms. The van der Waals surface area contributed by atoms with Crippen molar-refractivity contribution < 1.29 is 60.5 Å². The van der Waals surface area contributed by atoms with Crippen LogP contribution in [0, 0.1) is 0 Å². The summed E-state index contributed by atoms with van der Waals surface area (Å²) in [6.45, 7) is 0. The molecular formula is C11H17ClF2N3O12P3. The number of anilines is 1. The van der Waals surface area contributed by atoms with Crippen LogP contribution in [-0.4, -0.2) is 58.9 Å². The van der Waals surface area contributed by atoms with Crippen LogP contribution in [-0.2, 0) is 27.1 Å². The van der Waals surface area contributed by atoms with Crippen molar-refractivity contribution in [2.24, 2.45) is 0 Å². The molecule has 0 aliphatic rings. The van der Waals surface area contributed by atoms with Gasteiger partial charge in [0.15, 0.2) is 0 Å². The lowest BCUT2D eigenvalue weighted by Crippen LogP contribution is -2.49. The summed E-state index contributed by atoms with van der Waals surface area (Å²) in [7, 11) is -17.0. The van der Waals surface area contributed by atoms with Crippen molar-refractivity contribution in [3.05, 3.63) is 34.4 Å². The molecule has 0 aromatic carbocycles. The summed E-state index contributed by atoms with van der Waals surface area (Å²) in [6, 6.07) is 0.974. The summed E-state index contributed by atoms with van der Waals surface area (Å²) in [4.78, 5) is 50.6. The second-order valence-electron chi connectivity index (χ2n) is 5.76. The molecule has 0 bridgehead atoms. The molecule has 0 radical (unpaired) electrons. The average Bonchev–Trinajstić information content (AvgIpc) is 2.62. The van der Waals surface area contributed by atoms with E-state index in [0.29, 0.717) is 0 Å². The van der Waals surface area contributed by atoms with Crippen LogP contribution in [0.4, 0.5) is 14.6 Å². The molecule has 0 saturated heterocycles. The number of alkyl halides is 2. The summed E-state index contributed by atoms with van der Waals surface area (Å²) in [5, 5.41) is 10.3. The lowest BCUT2D eigenvalue weighted by molar-refractivity contribution is -0.106. The minimum Gasteiger partial charge on any atom is -0.385 e. The Morgan fingerprint density at radius 3 is 2.34 bits per heavy atom. The topological polar surface area (TPSA) is 241 Å². The van der Waals surface area contributed by atoms with Gasteiger partial charge in [-0.05, 0) is 12.1 Å². The lowest BCUT2D eigenvalue weighted by atomic mass is 9.97. The fraction of sp³-hybridized carbons (Fsp3) is 0.455. The van der Waals surface area contributed by atoms with Gasteiger partial charge in [-0.1, -0.05) is 0 Å². The maximum absolute atomic E-state index is 14.8. The van der Waals surface area contributed by atoms with E-state index < -0.39 is 58.4 Å². The second-order valence-corrected chi connectivity index (χ2v) is 10.7. The number of aliphatic hydroxyl groups is 1. The number of rotatable bonds is 11. The third kappa shape index (κ3) is 7.48. The first-order valence-corrected chi connectivity index (χ1v) is 12.8. The Hall–Kier alpha value is -1.06. The molecule has 21 heteroatoms. The fourth-order valence-electron chi connectivity index (χ4n) is 2.05. The number of phosphoric acid groups is 2. The van der Waals surface area contributed by atoms with Crippen LogP contribution in [0.25, 0.3) is 0 Å². The van der Waals surface area contributed by atoms with Crippen LogP contribution in [0.3, 0.4) is 0 Å². The number of ether oxygens (including phenoxy) is 1. The molecule has 2 unspecified atom stereocenters. The largest absolute Gasteiger partial charge is 0.488 e. The summed E-state index contributed by atoms with van der Waals surface area (Å²) in [5.41, 5.74) is -1.09. The van der Waals surface area contributed by atoms with Crippen LogP contribution in [0.5, 0.6) is 0 Å². The van der Waals surface area contributed by atoms with Gasteiger partial charge < -0.3 is 35.2 Å². The van der Waals surface area contributed by atoms with Gasteiger partial charge in [-0.2, -0.15) is 13.7 Å². The van der Waals surface area contributed by atoms with Crippen molar-refractivity contribution in [3.8, 4) is 0 Å². The molecule has 7 N–H and O–H groups in total. The number of aromatic nitrogens is 2. The van der Waals surface area contributed by atoms with Crippen molar-refractivity contribution in [3.63, 3.8) is 0 Å². The van der Waals surface area contributed by atoms with Gasteiger partial charge >= 0.3 is 28.9 Å². The number of nitrogen functional groups attached to an aromatic ring is 1. The molecule has 1 aromatic rings. The standard InChI is InChI=1S/C11H17ClF2N3O12P3/c1-27-11(5-12,8(18)9(14)17-3-2-7(15)16-10(17)19)4-6(13)30(20,21)28-32(25,26)29-31(22,23)24/h2-4,8-9,18H,5H2,1H3,(H,20,21)(H,25,26)(H2,15,16,19)(H2,22,23,24)/b6-4-/t8-,9-,11-/m0/s1. The van der Waals surface area contributed by atoms with Crippen molar-refractivity contribution >= 4 is 40.7 Å². The molecule has 1 heterocycles. The predicted molar refractivity (Wildman–Crippen MR) is 103 cm³/mol. The first kappa shape index (κ1) is 29.0. The van der Waals surface area contributed by atoms with E-state index in [1.807, 2.05) is 0 Å². The van der Waals surface area contributed by atoms with Gasteiger partial charge in [-0.15, -0.1) is 11.6 Å². The Kier molecular flexibility index (Phi) is 9.48. The van der Waals surface area contributed by atoms with Crippen LogP contribution in [0.1, 0.15) is 6.30 Å². The molecule has 1 rings (SSSR count). The zero-order valence-corrected chi connectivity index (χ0v) is 19.1. The summed E-state index contributed by atoms with van der Waals surface area (Å²) >= 11 is 5.60. The van der Waals surface area contributed by atoms with E-state index in [2.05, 4.69) is 13.6 Å². The normalized spacial score (nSPS) is 20.6. The SMILES string of the molecule is CO[C@@](/C=C(/F)P(=O)(O)OP(=O)(O)OP(=O)(O)O)(CCl)[C@@H](O)[C@@H](F)n1ccc(N)nc1=O. The maximum Gasteiger partial charge on any atom is 0.488 e. The number of aliphatic hydroxyl groups excluding tert-OH is 1. The number of methoxy groups -OCH3 is 1. The van der Waals surface area contributed by atoms with E-state index in [-0.39, 0.29) is 16.5 Å². The number of hydrogen-bond donors (Lipinski definition) is 6. The molecule has 0 fully saturated rings. The molecular weight excluding hydrogens is 533 g/mol. The van der Waals surface area contributed by atoms with Gasteiger partial charge in [0.05, 0.1) is 5.88 Å². The van der Waals surface area contributed by atoms with E-state index in [0.717, 1.165) is 19.4 Å². The lowest BCUT2D eigenvalue weighted by Gasteiger charge is -2.34. The smallest absolute Gasteiger partial charge is 0.385 e. The van der Waals surface area contributed by atoms with Crippen LogP contribution in [0.15, 0.2) is 28.7 Å². The first-order chi connectivity index (χ1) is 14.4. The van der Waals surface area contributed by atoms with Gasteiger partial charge in [0.25, 0.3) is 0 Å². The number of nitrogens with two attached hydrogens (primary N) is 1. The Morgan fingerprint density at radius 2 is 1.91 bits per heavy atom. The van der Waals surface area contributed by atoms with Crippen LogP contribution < -0.4 is 11.4 Å². The molecule has 184 valence electrons. The zero-order chi connectivity index (χ0) is 25.1. The molecule has 0 aliphatic heterocycles. The molecule has 32 heavy (non-hydrogen) atoms. The van der Waals surface area contributed by atoms with Gasteiger partial charge in [0, 0.05) is 13.3 Å². The van der Waals surface area contributed by atoms with Gasteiger partial charge in [-0.25, -0.2) is 22.6 Å². The number of hydrogen-bond acceptors (Lipinski definition) is 10. The second kappa shape index (κ2) is 10.5. The van der Waals surface area contributed by atoms with Crippen molar-refractivity contribution in [2.75, 3.05) is 18.7 Å². The predicted octanol–water partition coefficient (Wildman–Crippen LogP) is 0.501. The molecule has 0 amide bonds. The summed E-state index contributed by atoms with van der Waals surface area (Å²) < 4.78 is 75.0. The first-order valence-electron chi connectivity index (χ1n) is 7.70. The summed E-state index contributed by atoms with van der Waals surface area (Å²) in [6.07, 6.45) is -4.62. The monoisotopic (exact) mass is 549 g/mol. The highest BCUT2D eigenvalue weighted by Crippen LogP contribution is 2.69. The third-order valence-corrected chi connectivity index (χ3v) is 8.00. The van der Waals surface area contributed by atoms with Crippen molar-refractivity contribution in [2.45, 2.75) is 18.0 Å². The molecule has 1 aromatic heterocycles. The Morgan fingerprint density at radius 1 is 1.34 bits per heavy atom. The zero-order valence-electron chi connectivity index (χ0n) is 15.6. The van der Waals surface area contributed by atoms with Gasteiger partial charge in [0.2, 0.25) is 11.9 Å². The molecule has 0 aliphatic carbocycles. The van der Waals surface area contributed by atoms with Crippen LogP contribution >= 0.6 is 34.8 Å². The van der Waals surface area contributed by atoms with E-state index in [9.17, 15) is 37.3 Å². The molecule has 15 nitrogen and oxygen atoms in total. The Labute approximate surface area is 182 Å². The molecule has 5 atom stereocenters. The molecule has 0 saturated carbocycles. The minimum absolute atomic E-state index is 0.0920. The number of nitrogens with zero attached hydrogens (tertiary/aromatic N) is 2. The average molecular weight is 550 g/mol. The summed E-state index contributed by atoms with van der Waals surface area (Å²) in [5.74, 6) is -1.32. The minimum atomic E-state index is -6.03. The number of halogens is 3. The van der Waals surface area contributed by atoms with Gasteiger partial charge in [0.1, 0.15) is 17.5 Å². The van der Waals surface area contributed by atoms with E-state index in [1.54, 1.807) is 0 Å². The fourth-order valence-corrected chi connectivity index (χ4v) is 5.67. The van der Waals surface area contributed by atoms with E-state index in [1.165, 1.54) is 0 Å². The Bertz CT molecular complexity index is 1060.